The smallest absolute Gasteiger partial charge is 0.148 e. The van der Waals surface area contributed by atoms with Crippen molar-refractivity contribution in [3.8, 4) is 11.3 Å². The minimum Gasteiger partial charge on any atom is -0.455 e. The van der Waals surface area contributed by atoms with Crippen molar-refractivity contribution in [3.05, 3.63) is 53.6 Å². The molecule has 0 unspecified atom stereocenters. The molecule has 20 heavy (non-hydrogen) atoms. The van der Waals surface area contributed by atoms with E-state index in [2.05, 4.69) is 62.6 Å². The maximum Gasteiger partial charge on any atom is 0.148 e. The van der Waals surface area contributed by atoms with Crippen LogP contribution in [0.15, 0.2) is 51.8 Å². The summed E-state index contributed by atoms with van der Waals surface area (Å²) in [6.07, 6.45) is 3.16. The minimum absolute atomic E-state index is 0.974. The molecule has 0 fully saturated rings. The molecule has 1 nitrogen and oxygen atoms in total. The lowest BCUT2D eigenvalue weighted by Gasteiger charge is -2.01. The van der Waals surface area contributed by atoms with Crippen molar-refractivity contribution in [2.75, 3.05) is 6.26 Å². The van der Waals surface area contributed by atoms with Crippen molar-refractivity contribution in [3.63, 3.8) is 0 Å². The molecule has 0 bridgehead atoms. The van der Waals surface area contributed by atoms with E-state index < -0.39 is 0 Å². The molecule has 0 spiro atoms. The van der Waals surface area contributed by atoms with Gasteiger partial charge in [0.15, 0.2) is 0 Å². The summed E-state index contributed by atoms with van der Waals surface area (Å²) in [7, 11) is 0. The average Bonchev–Trinajstić information content (AvgIpc) is 2.85. The Balaban J connectivity index is 2.22. The van der Waals surface area contributed by atoms with E-state index >= 15 is 0 Å². The molecule has 2 heteroatoms. The molecule has 0 amide bonds. The zero-order valence-electron chi connectivity index (χ0n) is 12.1. The van der Waals surface area contributed by atoms with Gasteiger partial charge in [-0.2, -0.15) is 0 Å². The first-order chi connectivity index (χ1) is 9.72. The van der Waals surface area contributed by atoms with Crippen molar-refractivity contribution in [2.24, 2.45) is 0 Å². The van der Waals surface area contributed by atoms with Gasteiger partial charge in [-0.15, -0.1) is 11.8 Å². The number of hydrogen-bond acceptors (Lipinski definition) is 2. The summed E-state index contributed by atoms with van der Waals surface area (Å²) in [6.45, 7) is 4.28. The molecule has 0 N–H and O–H groups in total. The molecule has 0 aliphatic carbocycles. The zero-order chi connectivity index (χ0) is 14.1. The Morgan fingerprint density at radius 1 is 1.05 bits per heavy atom. The molecule has 0 saturated carbocycles. The lowest BCUT2D eigenvalue weighted by atomic mass is 10.1. The first-order valence-corrected chi connectivity index (χ1v) is 8.12. The summed E-state index contributed by atoms with van der Waals surface area (Å²) in [6, 6.07) is 15.0. The molecule has 3 rings (SSSR count). The maximum atomic E-state index is 6.09. The zero-order valence-corrected chi connectivity index (χ0v) is 12.9. The van der Waals surface area contributed by atoms with Crippen LogP contribution in [0.2, 0.25) is 0 Å². The largest absolute Gasteiger partial charge is 0.455 e. The van der Waals surface area contributed by atoms with E-state index in [1.807, 2.05) is 0 Å². The third-order valence-corrected chi connectivity index (χ3v) is 4.45. The third kappa shape index (κ3) is 2.25. The number of thioether (sulfide) groups is 1. The Bertz CT molecular complexity index is 738. The fraction of sp³-hybridized carbons (Fsp3) is 0.222. The Labute approximate surface area is 124 Å². The van der Waals surface area contributed by atoms with Crippen LogP contribution in [0.4, 0.5) is 0 Å². The van der Waals surface area contributed by atoms with Crippen LogP contribution >= 0.6 is 11.8 Å². The van der Waals surface area contributed by atoms with Crippen LogP contribution in [0.25, 0.3) is 22.3 Å². The van der Waals surface area contributed by atoms with Gasteiger partial charge >= 0.3 is 0 Å². The van der Waals surface area contributed by atoms with E-state index in [1.54, 1.807) is 11.8 Å². The number of rotatable bonds is 3. The van der Waals surface area contributed by atoms with Gasteiger partial charge in [-0.25, -0.2) is 0 Å². The molecule has 2 aromatic carbocycles. The highest BCUT2D eigenvalue weighted by atomic mass is 32.2. The van der Waals surface area contributed by atoms with Crippen LogP contribution < -0.4 is 0 Å². The molecule has 102 valence electrons. The van der Waals surface area contributed by atoms with Gasteiger partial charge in [-0.1, -0.05) is 42.8 Å². The summed E-state index contributed by atoms with van der Waals surface area (Å²) < 4.78 is 6.09. The summed E-state index contributed by atoms with van der Waals surface area (Å²) in [5.41, 5.74) is 4.74. The van der Waals surface area contributed by atoms with E-state index in [0.29, 0.717) is 0 Å². The first-order valence-electron chi connectivity index (χ1n) is 6.89. The standard InChI is InChI=1S/C18H18OS/c1-4-13-7-10-16-15(11-13)18(20-3)17(19-16)14-8-5-12(2)6-9-14/h5-11H,4H2,1-3H3. The second-order valence-corrected chi connectivity index (χ2v) is 5.83. The number of hydrogen-bond donors (Lipinski definition) is 0. The molecule has 1 heterocycles. The topological polar surface area (TPSA) is 13.1 Å². The van der Waals surface area contributed by atoms with Crippen LogP contribution in [0.5, 0.6) is 0 Å². The summed E-state index contributed by atoms with van der Waals surface area (Å²) in [5.74, 6) is 0.987. The Kier molecular flexibility index (Phi) is 3.58. The predicted octanol–water partition coefficient (Wildman–Crippen LogP) is 5.69. The molecule has 0 atom stereocenters. The van der Waals surface area contributed by atoms with Gasteiger partial charge < -0.3 is 4.42 Å². The van der Waals surface area contributed by atoms with Crippen molar-refractivity contribution in [1.82, 2.24) is 0 Å². The van der Waals surface area contributed by atoms with E-state index in [-0.39, 0.29) is 0 Å². The predicted molar refractivity (Wildman–Crippen MR) is 87.5 cm³/mol. The SMILES string of the molecule is CCc1ccc2oc(-c3ccc(C)cc3)c(SC)c2c1. The average molecular weight is 282 g/mol. The molecule has 0 aliphatic rings. The van der Waals surface area contributed by atoms with Gasteiger partial charge in [-0.05, 0) is 37.3 Å². The molecule has 0 saturated heterocycles. The first kappa shape index (κ1) is 13.3. The molecular weight excluding hydrogens is 264 g/mol. The van der Waals surface area contributed by atoms with Crippen molar-refractivity contribution in [2.45, 2.75) is 25.2 Å². The van der Waals surface area contributed by atoms with E-state index in [9.17, 15) is 0 Å². The fourth-order valence-corrected chi connectivity index (χ4v) is 3.16. The molecule has 3 aromatic rings. The van der Waals surface area contributed by atoms with Crippen LogP contribution in [-0.4, -0.2) is 6.26 Å². The lowest BCUT2D eigenvalue weighted by molar-refractivity contribution is 0.625. The molecule has 0 aliphatic heterocycles. The van der Waals surface area contributed by atoms with E-state index in [1.165, 1.54) is 21.4 Å². The van der Waals surface area contributed by atoms with Crippen molar-refractivity contribution in [1.29, 1.82) is 0 Å². The third-order valence-electron chi connectivity index (χ3n) is 3.63. The monoisotopic (exact) mass is 282 g/mol. The molecule has 0 radical (unpaired) electrons. The van der Waals surface area contributed by atoms with Gasteiger partial charge in [0.25, 0.3) is 0 Å². The summed E-state index contributed by atoms with van der Waals surface area (Å²) in [5, 5.41) is 1.23. The highest BCUT2D eigenvalue weighted by Crippen LogP contribution is 2.39. The van der Waals surface area contributed by atoms with Gasteiger partial charge in [0.1, 0.15) is 11.3 Å². The minimum atomic E-state index is 0.974. The summed E-state index contributed by atoms with van der Waals surface area (Å²) in [4.78, 5) is 1.24. The van der Waals surface area contributed by atoms with Crippen LogP contribution in [-0.2, 0) is 6.42 Å². The van der Waals surface area contributed by atoms with Gasteiger partial charge in [0.2, 0.25) is 0 Å². The lowest BCUT2D eigenvalue weighted by Crippen LogP contribution is -1.79. The van der Waals surface area contributed by atoms with E-state index in [0.717, 1.165) is 23.3 Å². The quantitative estimate of drug-likeness (QED) is 0.572. The van der Waals surface area contributed by atoms with Crippen LogP contribution in [0.1, 0.15) is 18.1 Å². The van der Waals surface area contributed by atoms with Crippen molar-refractivity contribution >= 4 is 22.7 Å². The maximum absolute atomic E-state index is 6.09. The Morgan fingerprint density at radius 2 is 1.80 bits per heavy atom. The summed E-state index contributed by atoms with van der Waals surface area (Å²) >= 11 is 1.76. The number of furan rings is 1. The highest BCUT2D eigenvalue weighted by molar-refractivity contribution is 7.99. The van der Waals surface area contributed by atoms with Crippen molar-refractivity contribution < 1.29 is 4.42 Å². The van der Waals surface area contributed by atoms with Gasteiger partial charge in [0.05, 0.1) is 4.90 Å². The second kappa shape index (κ2) is 5.37. The fourth-order valence-electron chi connectivity index (χ4n) is 2.44. The number of fused-ring (bicyclic) bond motifs is 1. The number of benzene rings is 2. The molecular formula is C18H18OS. The van der Waals surface area contributed by atoms with E-state index in [4.69, 9.17) is 4.42 Å². The van der Waals surface area contributed by atoms with Crippen LogP contribution in [0.3, 0.4) is 0 Å². The Hall–Kier alpha value is -1.67. The molecule has 1 aromatic heterocycles. The van der Waals surface area contributed by atoms with Gasteiger partial charge in [-0.3, -0.25) is 0 Å². The van der Waals surface area contributed by atoms with Gasteiger partial charge in [0, 0.05) is 10.9 Å². The number of aryl methyl sites for hydroxylation is 2. The second-order valence-electron chi connectivity index (χ2n) is 5.01. The van der Waals surface area contributed by atoms with Crippen LogP contribution in [0, 0.1) is 6.92 Å². The normalized spacial score (nSPS) is 11.2. The Morgan fingerprint density at radius 3 is 2.45 bits per heavy atom. The highest BCUT2D eigenvalue weighted by Gasteiger charge is 2.15.